The molecule has 0 radical (unpaired) electrons. The molecule has 0 N–H and O–H groups in total. The third-order valence-electron chi connectivity index (χ3n) is 8.23. The Morgan fingerprint density at radius 3 is 2.12 bits per heavy atom. The minimum atomic E-state index is 0.923. The standard InChI is InChI=1S/C38H23NOS/c1-2-9-25(10-3-1)39(26-18-20-38-33(22-26)30-12-5-7-16-37(30)41-38)34-14-8-13-27-28(34)19-17-24-21-32-29-11-4-6-15-35(29)40-36(32)23-31(24)27/h1-23H. The molecule has 7 aromatic carbocycles. The van der Waals surface area contributed by atoms with E-state index in [-0.39, 0.29) is 0 Å². The molecule has 0 saturated carbocycles. The van der Waals surface area contributed by atoms with E-state index in [1.165, 1.54) is 41.7 Å². The highest BCUT2D eigenvalue weighted by Gasteiger charge is 2.18. The molecule has 0 bridgehead atoms. The van der Waals surface area contributed by atoms with Crippen molar-refractivity contribution >= 4 is 92.1 Å². The van der Waals surface area contributed by atoms with Gasteiger partial charge in [-0.15, -0.1) is 11.3 Å². The van der Waals surface area contributed by atoms with E-state index in [0.717, 1.165) is 39.0 Å². The maximum atomic E-state index is 6.28. The molecule has 2 aromatic heterocycles. The van der Waals surface area contributed by atoms with Gasteiger partial charge in [0, 0.05) is 47.7 Å². The topological polar surface area (TPSA) is 16.4 Å². The predicted molar refractivity (Wildman–Crippen MR) is 176 cm³/mol. The van der Waals surface area contributed by atoms with E-state index in [0.29, 0.717) is 0 Å². The molecule has 192 valence electrons. The summed E-state index contributed by atoms with van der Waals surface area (Å²) in [5, 5.41) is 9.74. The van der Waals surface area contributed by atoms with Crippen molar-refractivity contribution in [2.75, 3.05) is 4.90 Å². The fourth-order valence-corrected chi connectivity index (χ4v) is 7.43. The van der Waals surface area contributed by atoms with Crippen molar-refractivity contribution < 1.29 is 4.42 Å². The van der Waals surface area contributed by atoms with E-state index in [4.69, 9.17) is 4.42 Å². The number of anilines is 3. The number of nitrogens with zero attached hydrogens (tertiary/aromatic N) is 1. The SMILES string of the molecule is c1ccc(N(c2ccc3sc4ccccc4c3c2)c2cccc3c2ccc2cc4c(cc23)oc2ccccc24)cc1. The molecule has 0 aliphatic rings. The Morgan fingerprint density at radius 1 is 0.415 bits per heavy atom. The number of benzene rings is 7. The summed E-state index contributed by atoms with van der Waals surface area (Å²) in [7, 11) is 0. The van der Waals surface area contributed by atoms with E-state index < -0.39 is 0 Å². The molecule has 0 aliphatic carbocycles. The van der Waals surface area contributed by atoms with Gasteiger partial charge in [0.25, 0.3) is 0 Å². The van der Waals surface area contributed by atoms with Crippen molar-refractivity contribution in [1.82, 2.24) is 0 Å². The molecule has 3 heteroatoms. The molecule has 9 aromatic rings. The Labute approximate surface area is 240 Å². The van der Waals surface area contributed by atoms with Crippen molar-refractivity contribution in [2.45, 2.75) is 0 Å². The molecular formula is C38H23NOS. The van der Waals surface area contributed by atoms with Crippen LogP contribution in [0, 0.1) is 0 Å². The minimum absolute atomic E-state index is 0.923. The van der Waals surface area contributed by atoms with E-state index >= 15 is 0 Å². The van der Waals surface area contributed by atoms with Gasteiger partial charge in [0.1, 0.15) is 11.2 Å². The maximum Gasteiger partial charge on any atom is 0.136 e. The van der Waals surface area contributed by atoms with Gasteiger partial charge in [-0.2, -0.15) is 0 Å². The van der Waals surface area contributed by atoms with Crippen LogP contribution >= 0.6 is 11.3 Å². The Kier molecular flexibility index (Phi) is 4.80. The highest BCUT2D eigenvalue weighted by Crippen LogP contribution is 2.44. The first kappa shape index (κ1) is 22.7. The lowest BCUT2D eigenvalue weighted by atomic mass is 9.98. The second-order valence-electron chi connectivity index (χ2n) is 10.6. The van der Waals surface area contributed by atoms with Crippen LogP contribution in [-0.2, 0) is 0 Å². The van der Waals surface area contributed by atoms with Gasteiger partial charge >= 0.3 is 0 Å². The zero-order valence-electron chi connectivity index (χ0n) is 22.0. The summed E-state index contributed by atoms with van der Waals surface area (Å²) in [5.41, 5.74) is 5.28. The summed E-state index contributed by atoms with van der Waals surface area (Å²) in [6.45, 7) is 0. The Bertz CT molecular complexity index is 2430. The highest BCUT2D eigenvalue weighted by atomic mass is 32.1. The number of hydrogen-bond acceptors (Lipinski definition) is 3. The number of thiophene rings is 1. The van der Waals surface area contributed by atoms with E-state index in [1.807, 2.05) is 23.5 Å². The lowest BCUT2D eigenvalue weighted by molar-refractivity contribution is 0.669. The predicted octanol–water partition coefficient (Wildman–Crippen LogP) is 11.7. The quantitative estimate of drug-likeness (QED) is 0.207. The second-order valence-corrected chi connectivity index (χ2v) is 11.6. The average Bonchev–Trinajstić information content (AvgIpc) is 3.58. The van der Waals surface area contributed by atoms with Gasteiger partial charge in [-0.05, 0) is 76.8 Å². The summed E-state index contributed by atoms with van der Waals surface area (Å²) >= 11 is 1.85. The lowest BCUT2D eigenvalue weighted by Crippen LogP contribution is -2.10. The van der Waals surface area contributed by atoms with Crippen molar-refractivity contribution in [2.24, 2.45) is 0 Å². The van der Waals surface area contributed by atoms with Gasteiger partial charge in [-0.1, -0.05) is 78.9 Å². The molecule has 0 fully saturated rings. The first-order valence-electron chi connectivity index (χ1n) is 13.9. The van der Waals surface area contributed by atoms with Crippen molar-refractivity contribution in [3.63, 3.8) is 0 Å². The monoisotopic (exact) mass is 541 g/mol. The van der Waals surface area contributed by atoms with Crippen molar-refractivity contribution in [3.8, 4) is 0 Å². The zero-order chi connectivity index (χ0) is 26.9. The van der Waals surface area contributed by atoms with Gasteiger partial charge in [-0.3, -0.25) is 0 Å². The third-order valence-corrected chi connectivity index (χ3v) is 9.38. The molecule has 0 spiro atoms. The molecule has 0 amide bonds. The van der Waals surface area contributed by atoms with E-state index in [9.17, 15) is 0 Å². The number of fused-ring (bicyclic) bond motifs is 9. The minimum Gasteiger partial charge on any atom is -0.456 e. The average molecular weight is 542 g/mol. The first-order chi connectivity index (χ1) is 20.3. The number of rotatable bonds is 3. The zero-order valence-corrected chi connectivity index (χ0v) is 22.9. The summed E-state index contributed by atoms with van der Waals surface area (Å²) in [6, 6.07) is 50.2. The van der Waals surface area contributed by atoms with Gasteiger partial charge in [-0.25, -0.2) is 0 Å². The first-order valence-corrected chi connectivity index (χ1v) is 14.7. The molecule has 2 heterocycles. The summed E-state index contributed by atoms with van der Waals surface area (Å²) in [5.74, 6) is 0. The molecule has 0 unspecified atom stereocenters. The molecule has 2 nitrogen and oxygen atoms in total. The third kappa shape index (κ3) is 3.43. The molecule has 9 rings (SSSR count). The summed E-state index contributed by atoms with van der Waals surface area (Å²) in [6.07, 6.45) is 0. The van der Waals surface area contributed by atoms with Crippen molar-refractivity contribution in [1.29, 1.82) is 0 Å². The molecule has 0 saturated heterocycles. The van der Waals surface area contributed by atoms with Crippen LogP contribution in [0.15, 0.2) is 144 Å². The summed E-state index contributed by atoms with van der Waals surface area (Å²) in [4.78, 5) is 2.39. The van der Waals surface area contributed by atoms with E-state index in [1.54, 1.807) is 0 Å². The van der Waals surface area contributed by atoms with Gasteiger partial charge in [0.05, 0.1) is 5.69 Å². The molecular weight excluding hydrogens is 518 g/mol. The molecule has 0 atom stereocenters. The van der Waals surface area contributed by atoms with E-state index in [2.05, 4.69) is 132 Å². The fraction of sp³-hybridized carbons (Fsp3) is 0. The van der Waals surface area contributed by atoms with Crippen LogP contribution in [0.2, 0.25) is 0 Å². The molecule has 41 heavy (non-hydrogen) atoms. The number of furan rings is 1. The van der Waals surface area contributed by atoms with Crippen molar-refractivity contribution in [3.05, 3.63) is 140 Å². The lowest BCUT2D eigenvalue weighted by Gasteiger charge is -2.27. The fourth-order valence-electron chi connectivity index (χ4n) is 6.35. The van der Waals surface area contributed by atoms with Crippen LogP contribution in [0.25, 0.3) is 63.7 Å². The van der Waals surface area contributed by atoms with Crippen LogP contribution in [0.1, 0.15) is 0 Å². The summed E-state index contributed by atoms with van der Waals surface area (Å²) < 4.78 is 8.91. The second kappa shape index (κ2) is 8.69. The number of hydrogen-bond donors (Lipinski definition) is 0. The normalized spacial score (nSPS) is 11.9. The van der Waals surface area contributed by atoms with Crippen LogP contribution in [-0.4, -0.2) is 0 Å². The Balaban J connectivity index is 1.31. The van der Waals surface area contributed by atoms with Crippen LogP contribution < -0.4 is 4.90 Å². The smallest absolute Gasteiger partial charge is 0.136 e. The number of para-hydroxylation sites is 2. The van der Waals surface area contributed by atoms with Crippen LogP contribution in [0.4, 0.5) is 17.1 Å². The van der Waals surface area contributed by atoms with Gasteiger partial charge in [0.2, 0.25) is 0 Å². The van der Waals surface area contributed by atoms with Gasteiger partial charge in [0.15, 0.2) is 0 Å². The van der Waals surface area contributed by atoms with Crippen LogP contribution in [0.3, 0.4) is 0 Å². The van der Waals surface area contributed by atoms with Crippen LogP contribution in [0.5, 0.6) is 0 Å². The Morgan fingerprint density at radius 2 is 1.20 bits per heavy atom. The van der Waals surface area contributed by atoms with Gasteiger partial charge < -0.3 is 9.32 Å². The Hall–Kier alpha value is -5.12. The molecule has 0 aliphatic heterocycles. The largest absolute Gasteiger partial charge is 0.456 e. The maximum absolute atomic E-state index is 6.28. The highest BCUT2D eigenvalue weighted by molar-refractivity contribution is 7.25.